The number of hydrogen-bond acceptors (Lipinski definition) is 4. The van der Waals surface area contributed by atoms with Gasteiger partial charge >= 0.3 is 0 Å². The fourth-order valence-electron chi connectivity index (χ4n) is 3.28. The third-order valence-electron chi connectivity index (χ3n) is 4.55. The Balaban J connectivity index is 0.00000117. The first kappa shape index (κ1) is 21.2. The summed E-state index contributed by atoms with van der Waals surface area (Å²) < 4.78 is 0. The van der Waals surface area contributed by atoms with Gasteiger partial charge in [-0.05, 0) is 37.6 Å². The van der Waals surface area contributed by atoms with Gasteiger partial charge in [0.1, 0.15) is 5.82 Å². The van der Waals surface area contributed by atoms with Crippen LogP contribution in [0.15, 0.2) is 42.6 Å². The van der Waals surface area contributed by atoms with Crippen molar-refractivity contribution in [3.8, 4) is 11.4 Å². The average Bonchev–Trinajstić information content (AvgIpc) is 2.76. The van der Waals surface area contributed by atoms with E-state index in [2.05, 4.69) is 15.0 Å². The standard InChI is InChI=1S/C20H16Cl2N4O.C2H6/c1-12-24-17-11-26(20(27)14-5-4-6-15(21)18(14)22)10-8-13(17)19(25-12)16-7-2-3-9-23-16;1-2/h2-7,9H,8,10-11H2,1H3;1-2H3. The molecular weight excluding hydrogens is 407 g/mol. The lowest BCUT2D eigenvalue weighted by atomic mass is 10.00. The van der Waals surface area contributed by atoms with Gasteiger partial charge < -0.3 is 4.90 Å². The molecule has 150 valence electrons. The first-order valence-corrected chi connectivity index (χ1v) is 10.3. The molecule has 0 fully saturated rings. The molecule has 5 nitrogen and oxygen atoms in total. The maximum Gasteiger partial charge on any atom is 0.255 e. The number of amides is 1. The third-order valence-corrected chi connectivity index (χ3v) is 5.37. The van der Waals surface area contributed by atoms with Gasteiger partial charge in [0, 0.05) is 18.3 Å². The van der Waals surface area contributed by atoms with Crippen molar-refractivity contribution in [2.45, 2.75) is 33.7 Å². The summed E-state index contributed by atoms with van der Waals surface area (Å²) in [5, 5.41) is 0.651. The van der Waals surface area contributed by atoms with Crippen molar-refractivity contribution < 1.29 is 4.79 Å². The van der Waals surface area contributed by atoms with E-state index in [-0.39, 0.29) is 10.9 Å². The number of aryl methyl sites for hydroxylation is 1. The molecule has 0 saturated heterocycles. The molecule has 29 heavy (non-hydrogen) atoms. The van der Waals surface area contributed by atoms with Gasteiger partial charge in [0.05, 0.1) is 39.2 Å². The van der Waals surface area contributed by atoms with E-state index >= 15 is 0 Å². The van der Waals surface area contributed by atoms with Gasteiger partial charge in [-0.25, -0.2) is 9.97 Å². The summed E-state index contributed by atoms with van der Waals surface area (Å²) in [7, 11) is 0. The van der Waals surface area contributed by atoms with E-state index in [1.807, 2.05) is 39.0 Å². The highest BCUT2D eigenvalue weighted by Gasteiger charge is 2.27. The molecule has 4 rings (SSSR count). The number of nitrogens with zero attached hydrogens (tertiary/aromatic N) is 4. The maximum atomic E-state index is 12.9. The summed E-state index contributed by atoms with van der Waals surface area (Å²) in [6.45, 7) is 6.81. The third kappa shape index (κ3) is 4.41. The molecule has 0 bridgehead atoms. The molecule has 0 atom stereocenters. The van der Waals surface area contributed by atoms with E-state index < -0.39 is 0 Å². The molecule has 0 aliphatic carbocycles. The van der Waals surface area contributed by atoms with Crippen molar-refractivity contribution in [3.63, 3.8) is 0 Å². The number of fused-ring (bicyclic) bond motifs is 1. The second-order valence-electron chi connectivity index (χ2n) is 6.34. The average molecular weight is 429 g/mol. The van der Waals surface area contributed by atoms with Gasteiger partial charge in [-0.15, -0.1) is 0 Å². The van der Waals surface area contributed by atoms with Crippen LogP contribution in [0.5, 0.6) is 0 Å². The minimum Gasteiger partial charge on any atom is -0.332 e. The van der Waals surface area contributed by atoms with Gasteiger partial charge in [0.15, 0.2) is 0 Å². The molecule has 3 heterocycles. The molecule has 1 aliphatic heterocycles. The lowest BCUT2D eigenvalue weighted by Gasteiger charge is -2.29. The van der Waals surface area contributed by atoms with Crippen molar-refractivity contribution in [3.05, 3.63) is 75.3 Å². The number of rotatable bonds is 2. The highest BCUT2D eigenvalue weighted by Crippen LogP contribution is 2.30. The second kappa shape index (κ2) is 9.33. The molecule has 0 N–H and O–H groups in total. The van der Waals surface area contributed by atoms with Crippen molar-refractivity contribution in [1.29, 1.82) is 0 Å². The predicted octanol–water partition coefficient (Wildman–Crippen LogP) is 5.38. The van der Waals surface area contributed by atoms with Crippen LogP contribution in [0.2, 0.25) is 10.0 Å². The Kier molecular flexibility index (Phi) is 6.83. The number of pyridine rings is 1. The van der Waals surface area contributed by atoms with E-state index in [1.165, 1.54) is 0 Å². The zero-order chi connectivity index (χ0) is 21.0. The second-order valence-corrected chi connectivity index (χ2v) is 7.12. The van der Waals surface area contributed by atoms with Crippen LogP contribution in [0.25, 0.3) is 11.4 Å². The minimum atomic E-state index is -0.149. The topological polar surface area (TPSA) is 59.0 Å². The molecular formula is C22H22Cl2N4O. The summed E-state index contributed by atoms with van der Waals surface area (Å²) in [5.74, 6) is 0.508. The van der Waals surface area contributed by atoms with Crippen LogP contribution in [0, 0.1) is 6.92 Å². The largest absolute Gasteiger partial charge is 0.332 e. The Morgan fingerprint density at radius 3 is 2.59 bits per heavy atom. The number of carbonyl (C=O) groups is 1. The van der Waals surface area contributed by atoms with Crippen molar-refractivity contribution in [1.82, 2.24) is 19.9 Å². The van der Waals surface area contributed by atoms with E-state index in [1.54, 1.807) is 29.3 Å². The minimum absolute atomic E-state index is 0.149. The SMILES string of the molecule is CC.Cc1nc2c(c(-c3ccccn3)n1)CCN(C(=O)c1cccc(Cl)c1Cl)C2. The van der Waals surface area contributed by atoms with Crippen LogP contribution in [0.4, 0.5) is 0 Å². The van der Waals surface area contributed by atoms with Crippen molar-refractivity contribution in [2.75, 3.05) is 6.54 Å². The summed E-state index contributed by atoms with van der Waals surface area (Å²) in [4.78, 5) is 28.3. The van der Waals surface area contributed by atoms with Gasteiger partial charge in [-0.3, -0.25) is 9.78 Å². The summed E-state index contributed by atoms with van der Waals surface area (Å²) in [5.41, 5.74) is 3.95. The first-order valence-electron chi connectivity index (χ1n) is 9.55. The zero-order valence-corrected chi connectivity index (χ0v) is 18.1. The molecule has 0 unspecified atom stereocenters. The maximum absolute atomic E-state index is 12.9. The number of halogens is 2. The first-order chi connectivity index (χ1) is 14.0. The Labute approximate surface area is 180 Å². The Morgan fingerprint density at radius 2 is 1.86 bits per heavy atom. The number of aromatic nitrogens is 3. The number of benzene rings is 1. The van der Waals surface area contributed by atoms with Gasteiger partial charge in [0.2, 0.25) is 0 Å². The van der Waals surface area contributed by atoms with Crippen LogP contribution >= 0.6 is 23.2 Å². The molecule has 0 saturated carbocycles. The molecule has 3 aromatic rings. The van der Waals surface area contributed by atoms with Gasteiger partial charge in [-0.2, -0.15) is 0 Å². The van der Waals surface area contributed by atoms with Crippen LogP contribution in [-0.2, 0) is 13.0 Å². The fourth-order valence-corrected chi connectivity index (χ4v) is 3.66. The van der Waals surface area contributed by atoms with E-state index in [9.17, 15) is 4.79 Å². The van der Waals surface area contributed by atoms with E-state index in [0.717, 1.165) is 22.6 Å². The fraction of sp³-hybridized carbons (Fsp3) is 0.273. The van der Waals surface area contributed by atoms with Crippen LogP contribution in [0.3, 0.4) is 0 Å². The van der Waals surface area contributed by atoms with Crippen molar-refractivity contribution >= 4 is 29.1 Å². The predicted molar refractivity (Wildman–Crippen MR) is 116 cm³/mol. The highest BCUT2D eigenvalue weighted by molar-refractivity contribution is 6.43. The molecule has 0 spiro atoms. The quantitative estimate of drug-likeness (QED) is 0.549. The molecule has 1 aromatic carbocycles. The normalized spacial score (nSPS) is 12.7. The van der Waals surface area contributed by atoms with Crippen LogP contribution in [0.1, 0.15) is 41.3 Å². The molecule has 1 amide bonds. The number of hydrogen-bond donors (Lipinski definition) is 0. The monoisotopic (exact) mass is 428 g/mol. The molecule has 0 radical (unpaired) electrons. The van der Waals surface area contributed by atoms with Gasteiger partial charge in [-0.1, -0.05) is 49.2 Å². The Morgan fingerprint density at radius 1 is 1.07 bits per heavy atom. The van der Waals surface area contributed by atoms with E-state index in [4.69, 9.17) is 23.2 Å². The van der Waals surface area contributed by atoms with Crippen LogP contribution in [-0.4, -0.2) is 32.3 Å². The zero-order valence-electron chi connectivity index (χ0n) is 16.6. The molecule has 2 aromatic heterocycles. The highest BCUT2D eigenvalue weighted by atomic mass is 35.5. The molecule has 7 heteroatoms. The lowest BCUT2D eigenvalue weighted by Crippen LogP contribution is -2.37. The van der Waals surface area contributed by atoms with Gasteiger partial charge in [0.25, 0.3) is 5.91 Å². The summed E-state index contributed by atoms with van der Waals surface area (Å²) in [6, 6.07) is 10.8. The molecule has 1 aliphatic rings. The Hall–Kier alpha value is -2.50. The summed E-state index contributed by atoms with van der Waals surface area (Å²) in [6.07, 6.45) is 2.41. The van der Waals surface area contributed by atoms with E-state index in [0.29, 0.717) is 35.9 Å². The van der Waals surface area contributed by atoms with Crippen LogP contribution < -0.4 is 0 Å². The Bertz CT molecular complexity index is 1020. The smallest absolute Gasteiger partial charge is 0.255 e. The van der Waals surface area contributed by atoms with Crippen molar-refractivity contribution in [2.24, 2.45) is 0 Å². The summed E-state index contributed by atoms with van der Waals surface area (Å²) >= 11 is 12.3. The lowest BCUT2D eigenvalue weighted by molar-refractivity contribution is 0.0732. The number of carbonyl (C=O) groups excluding carboxylic acids is 1.